The summed E-state index contributed by atoms with van der Waals surface area (Å²) >= 11 is 0. The van der Waals surface area contributed by atoms with Crippen molar-refractivity contribution in [2.75, 3.05) is 0 Å². The molecule has 0 spiro atoms. The van der Waals surface area contributed by atoms with Crippen LogP contribution in [-0.4, -0.2) is 11.4 Å². The molecule has 1 aromatic rings. The number of hydrogen-bond acceptors (Lipinski definition) is 3. The Morgan fingerprint density at radius 3 is 2.92 bits per heavy atom. The van der Waals surface area contributed by atoms with Crippen LogP contribution in [-0.2, 0) is 12.8 Å². The standard InChI is InChI=1S/C9H11NO2/c11-6-9-7-4-2-1-3-5-8(7)10-12-9/h6H,1-5H2. The first kappa shape index (κ1) is 7.53. The predicted octanol–water partition coefficient (Wildman–Crippen LogP) is 1.76. The molecule has 0 saturated carbocycles. The Labute approximate surface area is 70.7 Å². The molecule has 2 rings (SSSR count). The number of carbonyl (C=O) groups excluding carboxylic acids is 1. The van der Waals surface area contributed by atoms with Gasteiger partial charge in [-0.1, -0.05) is 11.6 Å². The van der Waals surface area contributed by atoms with Crippen LogP contribution in [0.3, 0.4) is 0 Å². The van der Waals surface area contributed by atoms with Gasteiger partial charge < -0.3 is 4.52 Å². The SMILES string of the molecule is O=Cc1onc2c1CCCCC2. The van der Waals surface area contributed by atoms with Gasteiger partial charge in [-0.05, 0) is 25.7 Å². The molecule has 3 nitrogen and oxygen atoms in total. The summed E-state index contributed by atoms with van der Waals surface area (Å²) in [4.78, 5) is 10.5. The molecule has 0 saturated heterocycles. The van der Waals surface area contributed by atoms with E-state index in [-0.39, 0.29) is 0 Å². The molecule has 0 amide bonds. The molecule has 1 aromatic heterocycles. The zero-order chi connectivity index (χ0) is 8.39. The lowest BCUT2D eigenvalue weighted by Crippen LogP contribution is -1.90. The Balaban J connectivity index is 2.38. The quantitative estimate of drug-likeness (QED) is 0.470. The maximum atomic E-state index is 10.5. The van der Waals surface area contributed by atoms with Gasteiger partial charge in [0.25, 0.3) is 0 Å². The van der Waals surface area contributed by atoms with Gasteiger partial charge in [-0.2, -0.15) is 0 Å². The third-order valence-electron chi connectivity index (χ3n) is 2.35. The van der Waals surface area contributed by atoms with Crippen molar-refractivity contribution < 1.29 is 9.32 Å². The Morgan fingerprint density at radius 2 is 2.08 bits per heavy atom. The van der Waals surface area contributed by atoms with Crippen LogP contribution in [0.25, 0.3) is 0 Å². The molecule has 1 heterocycles. The first-order valence-corrected chi connectivity index (χ1v) is 4.34. The number of aldehydes is 1. The monoisotopic (exact) mass is 165 g/mol. The van der Waals surface area contributed by atoms with Gasteiger partial charge in [0, 0.05) is 5.56 Å². The molecule has 0 radical (unpaired) electrons. The van der Waals surface area contributed by atoms with Crippen LogP contribution in [0.4, 0.5) is 0 Å². The van der Waals surface area contributed by atoms with Crippen LogP contribution in [0.15, 0.2) is 4.52 Å². The van der Waals surface area contributed by atoms with E-state index in [4.69, 9.17) is 4.52 Å². The minimum atomic E-state index is 0.437. The summed E-state index contributed by atoms with van der Waals surface area (Å²) in [6.45, 7) is 0. The molecule has 0 bridgehead atoms. The summed E-state index contributed by atoms with van der Waals surface area (Å²) in [5, 5.41) is 3.88. The number of carbonyl (C=O) groups is 1. The zero-order valence-electron chi connectivity index (χ0n) is 6.88. The van der Waals surface area contributed by atoms with E-state index in [1.165, 1.54) is 6.42 Å². The molecule has 0 fully saturated rings. The van der Waals surface area contributed by atoms with E-state index in [1.54, 1.807) is 0 Å². The van der Waals surface area contributed by atoms with Gasteiger partial charge in [0.1, 0.15) is 0 Å². The lowest BCUT2D eigenvalue weighted by atomic mass is 10.1. The molecular formula is C9H11NO2. The minimum absolute atomic E-state index is 0.437. The third-order valence-corrected chi connectivity index (χ3v) is 2.35. The second-order valence-corrected chi connectivity index (χ2v) is 3.15. The Morgan fingerprint density at radius 1 is 1.25 bits per heavy atom. The van der Waals surface area contributed by atoms with Crippen molar-refractivity contribution in [3.8, 4) is 0 Å². The summed E-state index contributed by atoms with van der Waals surface area (Å²) in [7, 11) is 0. The van der Waals surface area contributed by atoms with Crippen molar-refractivity contribution in [1.29, 1.82) is 0 Å². The van der Waals surface area contributed by atoms with Crippen LogP contribution in [0, 0.1) is 0 Å². The Hall–Kier alpha value is -1.12. The second-order valence-electron chi connectivity index (χ2n) is 3.15. The van der Waals surface area contributed by atoms with Crippen LogP contribution in [0.2, 0.25) is 0 Å². The van der Waals surface area contributed by atoms with Crippen LogP contribution in [0.5, 0.6) is 0 Å². The highest BCUT2D eigenvalue weighted by Gasteiger charge is 2.16. The number of rotatable bonds is 1. The van der Waals surface area contributed by atoms with E-state index >= 15 is 0 Å². The van der Waals surface area contributed by atoms with E-state index in [0.29, 0.717) is 5.76 Å². The highest BCUT2D eigenvalue weighted by atomic mass is 16.5. The summed E-state index contributed by atoms with van der Waals surface area (Å²) in [5.41, 5.74) is 2.04. The van der Waals surface area contributed by atoms with E-state index < -0.39 is 0 Å². The number of nitrogens with zero attached hydrogens (tertiary/aromatic N) is 1. The Kier molecular flexibility index (Phi) is 1.94. The van der Waals surface area contributed by atoms with Gasteiger partial charge in [-0.3, -0.25) is 4.79 Å². The van der Waals surface area contributed by atoms with Gasteiger partial charge in [0.05, 0.1) is 5.69 Å². The average Bonchev–Trinajstić information content (AvgIpc) is 2.33. The first-order valence-electron chi connectivity index (χ1n) is 4.34. The molecule has 0 aromatic carbocycles. The highest BCUT2D eigenvalue weighted by molar-refractivity contribution is 5.73. The largest absolute Gasteiger partial charge is 0.353 e. The van der Waals surface area contributed by atoms with Crippen molar-refractivity contribution in [2.45, 2.75) is 32.1 Å². The fourth-order valence-corrected chi connectivity index (χ4v) is 1.68. The molecule has 12 heavy (non-hydrogen) atoms. The summed E-state index contributed by atoms with van der Waals surface area (Å²) in [5.74, 6) is 0.437. The first-order chi connectivity index (χ1) is 5.92. The fraction of sp³-hybridized carbons (Fsp3) is 0.556. The Bertz CT molecular complexity index is 291. The molecule has 0 aliphatic heterocycles. The van der Waals surface area contributed by atoms with Gasteiger partial charge in [0.15, 0.2) is 6.29 Å². The number of aromatic nitrogens is 1. The van der Waals surface area contributed by atoms with E-state index in [9.17, 15) is 4.79 Å². The van der Waals surface area contributed by atoms with Crippen molar-refractivity contribution >= 4 is 6.29 Å². The van der Waals surface area contributed by atoms with Gasteiger partial charge >= 0.3 is 0 Å². The maximum Gasteiger partial charge on any atom is 0.202 e. The molecule has 64 valence electrons. The van der Waals surface area contributed by atoms with E-state index in [1.807, 2.05) is 0 Å². The smallest absolute Gasteiger partial charge is 0.202 e. The fourth-order valence-electron chi connectivity index (χ4n) is 1.68. The summed E-state index contributed by atoms with van der Waals surface area (Å²) < 4.78 is 4.90. The number of fused-ring (bicyclic) bond motifs is 1. The number of hydrogen-bond donors (Lipinski definition) is 0. The van der Waals surface area contributed by atoms with Crippen LogP contribution < -0.4 is 0 Å². The summed E-state index contributed by atoms with van der Waals surface area (Å²) in [6.07, 6.45) is 6.22. The normalized spacial score (nSPS) is 16.7. The molecule has 1 aliphatic rings. The molecule has 3 heteroatoms. The summed E-state index contributed by atoms with van der Waals surface area (Å²) in [6, 6.07) is 0. The van der Waals surface area contributed by atoms with Crippen molar-refractivity contribution in [3.05, 3.63) is 17.0 Å². The maximum absolute atomic E-state index is 10.5. The highest BCUT2D eigenvalue weighted by Crippen LogP contribution is 2.21. The molecular weight excluding hydrogens is 154 g/mol. The van der Waals surface area contributed by atoms with E-state index in [2.05, 4.69) is 5.16 Å². The van der Waals surface area contributed by atoms with Gasteiger partial charge in [-0.15, -0.1) is 0 Å². The molecule has 0 atom stereocenters. The molecule has 0 N–H and O–H groups in total. The van der Waals surface area contributed by atoms with Crippen LogP contribution >= 0.6 is 0 Å². The molecule has 1 aliphatic carbocycles. The van der Waals surface area contributed by atoms with Crippen molar-refractivity contribution in [1.82, 2.24) is 5.16 Å². The zero-order valence-corrected chi connectivity index (χ0v) is 6.88. The second kappa shape index (κ2) is 3.09. The van der Waals surface area contributed by atoms with Crippen LogP contribution in [0.1, 0.15) is 41.1 Å². The third kappa shape index (κ3) is 1.15. The van der Waals surface area contributed by atoms with Crippen molar-refractivity contribution in [3.63, 3.8) is 0 Å². The molecule has 0 unspecified atom stereocenters. The average molecular weight is 165 g/mol. The predicted molar refractivity (Wildman–Crippen MR) is 43.1 cm³/mol. The lowest BCUT2D eigenvalue weighted by molar-refractivity contribution is 0.109. The van der Waals surface area contributed by atoms with Gasteiger partial charge in [-0.25, -0.2) is 0 Å². The van der Waals surface area contributed by atoms with Gasteiger partial charge in [0.2, 0.25) is 5.76 Å². The topological polar surface area (TPSA) is 43.1 Å². The minimum Gasteiger partial charge on any atom is -0.353 e. The van der Waals surface area contributed by atoms with E-state index in [0.717, 1.165) is 43.2 Å². The lowest BCUT2D eigenvalue weighted by Gasteiger charge is -1.91. The number of aryl methyl sites for hydroxylation is 1. The van der Waals surface area contributed by atoms with Crippen molar-refractivity contribution in [2.24, 2.45) is 0 Å².